The fraction of sp³-hybridized carbons (Fsp3) is 0.697. The van der Waals surface area contributed by atoms with Crippen LogP contribution in [0.3, 0.4) is 0 Å². The molecule has 1 fully saturated rings. The normalized spacial score (nSPS) is 16.6. The number of benzene rings is 1. The van der Waals surface area contributed by atoms with E-state index in [0.717, 1.165) is 5.56 Å². The number of amides is 2. The molecule has 0 spiro atoms. The Morgan fingerprint density at radius 1 is 0.556 bits per heavy atom. The summed E-state index contributed by atoms with van der Waals surface area (Å²) in [5.74, 6) is -0.784. The number of carbonyl (C=O) groups excluding carboxylic acids is 4. The topological polar surface area (TPSA) is 118 Å². The summed E-state index contributed by atoms with van der Waals surface area (Å²) in [6.45, 7) is 18.7. The predicted molar refractivity (Wildman–Crippen MR) is 171 cm³/mol. The van der Waals surface area contributed by atoms with Crippen LogP contribution in [-0.2, 0) is 35.1 Å². The van der Waals surface area contributed by atoms with Crippen molar-refractivity contribution < 1.29 is 38.1 Å². The van der Waals surface area contributed by atoms with Crippen LogP contribution in [0.4, 0.5) is 9.59 Å². The number of hydrogen-bond donors (Lipinski definition) is 0. The van der Waals surface area contributed by atoms with Crippen molar-refractivity contribution in [3.05, 3.63) is 35.9 Å². The molecule has 1 aromatic rings. The van der Waals surface area contributed by atoms with Gasteiger partial charge >= 0.3 is 24.1 Å². The summed E-state index contributed by atoms with van der Waals surface area (Å²) in [6, 6.07) is 9.44. The number of nitrogens with zero attached hydrogens (tertiary/aromatic N) is 4. The summed E-state index contributed by atoms with van der Waals surface area (Å²) in [7, 11) is 0. The molecule has 12 nitrogen and oxygen atoms in total. The zero-order valence-corrected chi connectivity index (χ0v) is 28.7. The van der Waals surface area contributed by atoms with Crippen LogP contribution in [0.5, 0.6) is 0 Å². The van der Waals surface area contributed by atoms with Crippen molar-refractivity contribution in [2.45, 2.75) is 85.7 Å². The number of rotatable bonds is 6. The first kappa shape index (κ1) is 37.8. The highest BCUT2D eigenvalue weighted by atomic mass is 16.6. The van der Waals surface area contributed by atoms with E-state index in [-0.39, 0.29) is 51.8 Å². The highest BCUT2D eigenvalue weighted by Crippen LogP contribution is 2.14. The molecular formula is C33H54N4O8. The van der Waals surface area contributed by atoms with Crippen molar-refractivity contribution in [2.75, 3.05) is 65.4 Å². The molecule has 0 radical (unpaired) electrons. The number of hydrogen-bond acceptors (Lipinski definition) is 10. The Bertz CT molecular complexity index is 1110. The predicted octanol–water partition coefficient (Wildman–Crippen LogP) is 4.16. The highest BCUT2D eigenvalue weighted by molar-refractivity contribution is 5.73. The summed E-state index contributed by atoms with van der Waals surface area (Å²) >= 11 is 0. The van der Waals surface area contributed by atoms with Crippen LogP contribution in [0.1, 0.15) is 67.9 Å². The second-order valence-electron chi connectivity index (χ2n) is 14.2. The third-order valence-electron chi connectivity index (χ3n) is 6.42. The molecular weight excluding hydrogens is 580 g/mol. The van der Waals surface area contributed by atoms with Crippen LogP contribution in [0.2, 0.25) is 0 Å². The van der Waals surface area contributed by atoms with Gasteiger partial charge in [-0.2, -0.15) is 0 Å². The fourth-order valence-corrected chi connectivity index (χ4v) is 4.35. The molecule has 0 unspecified atom stereocenters. The average Bonchev–Trinajstić information content (AvgIpc) is 2.88. The van der Waals surface area contributed by atoms with Crippen LogP contribution in [0.25, 0.3) is 0 Å². The maximum atomic E-state index is 13.2. The first-order chi connectivity index (χ1) is 20.8. The van der Waals surface area contributed by atoms with Gasteiger partial charge in [-0.3, -0.25) is 19.4 Å². The van der Waals surface area contributed by atoms with Gasteiger partial charge in [0.05, 0.1) is 13.1 Å². The standard InChI is InChI=1S/C33H54N4O8/c1-31(2,3)43-28(39)24-35-16-15-34(23-27(38)42-25-26-13-11-10-12-14-26)17-19-36(29(40)44-32(4,5)6)21-22-37(20-18-35)30(41)45-33(7,8)9/h10-14H,15-25H2,1-9H3. The monoisotopic (exact) mass is 634 g/mol. The van der Waals surface area contributed by atoms with Crippen LogP contribution in [-0.4, -0.2) is 126 Å². The Balaban J connectivity index is 2.28. The molecule has 254 valence electrons. The molecule has 1 aliphatic rings. The van der Waals surface area contributed by atoms with E-state index in [2.05, 4.69) is 0 Å². The van der Waals surface area contributed by atoms with Crippen molar-refractivity contribution >= 4 is 24.1 Å². The lowest BCUT2D eigenvalue weighted by atomic mass is 10.2. The minimum atomic E-state index is -0.714. The summed E-state index contributed by atoms with van der Waals surface area (Å²) in [5, 5.41) is 0. The fourth-order valence-electron chi connectivity index (χ4n) is 4.35. The van der Waals surface area contributed by atoms with Crippen molar-refractivity contribution in [3.8, 4) is 0 Å². The van der Waals surface area contributed by atoms with E-state index >= 15 is 0 Å². The quantitative estimate of drug-likeness (QED) is 0.333. The zero-order valence-electron chi connectivity index (χ0n) is 28.7. The molecule has 0 N–H and O–H groups in total. The van der Waals surface area contributed by atoms with Gasteiger partial charge in [-0.1, -0.05) is 30.3 Å². The van der Waals surface area contributed by atoms with Gasteiger partial charge in [-0.25, -0.2) is 9.59 Å². The van der Waals surface area contributed by atoms with Gasteiger partial charge in [0.15, 0.2) is 0 Å². The van der Waals surface area contributed by atoms with Gasteiger partial charge in [-0.15, -0.1) is 0 Å². The van der Waals surface area contributed by atoms with Gasteiger partial charge in [0.25, 0.3) is 0 Å². The summed E-state index contributed by atoms with van der Waals surface area (Å²) in [5.41, 5.74) is -1.19. The molecule has 2 amide bonds. The van der Waals surface area contributed by atoms with Gasteiger partial charge in [-0.05, 0) is 67.9 Å². The third kappa shape index (κ3) is 16.5. The number of ether oxygens (including phenoxy) is 4. The zero-order chi connectivity index (χ0) is 33.8. The molecule has 2 rings (SSSR count). The van der Waals surface area contributed by atoms with Crippen LogP contribution < -0.4 is 0 Å². The number of esters is 2. The van der Waals surface area contributed by atoms with E-state index in [4.69, 9.17) is 18.9 Å². The third-order valence-corrected chi connectivity index (χ3v) is 6.42. The molecule has 45 heavy (non-hydrogen) atoms. The van der Waals surface area contributed by atoms with Crippen LogP contribution in [0.15, 0.2) is 30.3 Å². The van der Waals surface area contributed by atoms with E-state index < -0.39 is 35.0 Å². The maximum absolute atomic E-state index is 13.2. The van der Waals surface area contributed by atoms with Crippen molar-refractivity contribution in [2.24, 2.45) is 0 Å². The molecule has 0 atom stereocenters. The SMILES string of the molecule is CC(C)(C)OC(=O)CN1CCN(CC(=O)OCc2ccccc2)CCN(C(=O)OC(C)(C)C)CCN(C(=O)OC(C)(C)C)CC1. The van der Waals surface area contributed by atoms with E-state index in [0.29, 0.717) is 26.2 Å². The Hall–Kier alpha value is -3.38. The largest absolute Gasteiger partial charge is 0.460 e. The molecule has 1 heterocycles. The van der Waals surface area contributed by atoms with Crippen molar-refractivity contribution in [3.63, 3.8) is 0 Å². The van der Waals surface area contributed by atoms with Gasteiger partial charge in [0.1, 0.15) is 23.4 Å². The van der Waals surface area contributed by atoms with Crippen molar-refractivity contribution in [1.82, 2.24) is 19.6 Å². The molecule has 0 saturated carbocycles. The highest BCUT2D eigenvalue weighted by Gasteiger charge is 2.29. The maximum Gasteiger partial charge on any atom is 0.410 e. The first-order valence-corrected chi connectivity index (χ1v) is 15.6. The van der Waals surface area contributed by atoms with Crippen molar-refractivity contribution in [1.29, 1.82) is 0 Å². The molecule has 1 saturated heterocycles. The molecule has 12 heteroatoms. The molecule has 0 aliphatic carbocycles. The molecule has 1 aliphatic heterocycles. The smallest absolute Gasteiger partial charge is 0.410 e. The minimum Gasteiger partial charge on any atom is -0.460 e. The second kappa shape index (κ2) is 16.8. The lowest BCUT2D eigenvalue weighted by molar-refractivity contribution is -0.156. The van der Waals surface area contributed by atoms with E-state index in [1.54, 1.807) is 51.3 Å². The lowest BCUT2D eigenvalue weighted by Gasteiger charge is -2.35. The van der Waals surface area contributed by atoms with Gasteiger partial charge < -0.3 is 28.7 Å². The Morgan fingerprint density at radius 3 is 1.36 bits per heavy atom. The molecule has 0 aromatic heterocycles. The lowest BCUT2D eigenvalue weighted by Crippen LogP contribution is -2.51. The summed E-state index contributed by atoms with van der Waals surface area (Å²) < 4.78 is 22.4. The Kier molecular flexibility index (Phi) is 14.1. The van der Waals surface area contributed by atoms with Gasteiger partial charge in [0, 0.05) is 52.4 Å². The summed E-state index contributed by atoms with van der Waals surface area (Å²) in [6.07, 6.45) is -1.02. The Labute approximate surface area is 268 Å². The van der Waals surface area contributed by atoms with Gasteiger partial charge in [0.2, 0.25) is 0 Å². The van der Waals surface area contributed by atoms with Crippen LogP contribution >= 0.6 is 0 Å². The summed E-state index contributed by atoms with van der Waals surface area (Å²) in [4.78, 5) is 59.0. The first-order valence-electron chi connectivity index (χ1n) is 15.6. The molecule has 1 aromatic carbocycles. The van der Waals surface area contributed by atoms with E-state index in [1.165, 1.54) is 0 Å². The van der Waals surface area contributed by atoms with E-state index in [1.807, 2.05) is 60.9 Å². The van der Waals surface area contributed by atoms with Crippen LogP contribution in [0, 0.1) is 0 Å². The average molecular weight is 635 g/mol. The van der Waals surface area contributed by atoms with E-state index in [9.17, 15) is 19.2 Å². The minimum absolute atomic E-state index is 0.000691. The second-order valence-corrected chi connectivity index (χ2v) is 14.2. The molecule has 0 bridgehead atoms. The Morgan fingerprint density at radius 2 is 0.933 bits per heavy atom. The number of carbonyl (C=O) groups is 4.